The summed E-state index contributed by atoms with van der Waals surface area (Å²) < 4.78 is 6.28. The lowest BCUT2D eigenvalue weighted by molar-refractivity contribution is -0.385. The Hall–Kier alpha value is -3.22. The van der Waals surface area contributed by atoms with Crippen LogP contribution in [0, 0.1) is 10.1 Å². The molecule has 2 aromatic rings. The van der Waals surface area contributed by atoms with Crippen LogP contribution in [-0.2, 0) is 5.41 Å². The number of hydrogen-bond donors (Lipinski definition) is 2. The molecule has 2 N–H and O–H groups in total. The van der Waals surface area contributed by atoms with Crippen LogP contribution < -0.4 is 9.64 Å². The normalized spacial score (nSPS) is 22.0. The van der Waals surface area contributed by atoms with Crippen LogP contribution in [0.2, 0.25) is 0 Å². The van der Waals surface area contributed by atoms with Crippen molar-refractivity contribution < 1.29 is 19.9 Å². The van der Waals surface area contributed by atoms with Crippen molar-refractivity contribution in [3.05, 3.63) is 57.6 Å². The number of nitro groups is 1. The highest BCUT2D eigenvalue weighted by Crippen LogP contribution is 2.56. The lowest BCUT2D eigenvalue weighted by atomic mass is 9.76. The molecule has 1 atom stereocenters. The Morgan fingerprint density at radius 2 is 1.92 bits per heavy atom. The van der Waals surface area contributed by atoms with Crippen molar-refractivity contribution >= 4 is 17.5 Å². The number of anilines is 1. The first-order chi connectivity index (χ1) is 12.2. The number of phenols is 2. The van der Waals surface area contributed by atoms with Crippen molar-refractivity contribution in [2.75, 3.05) is 11.9 Å². The lowest BCUT2D eigenvalue weighted by Crippen LogP contribution is -2.58. The number of non-ortho nitro benzene ring substituents is 1. The Balaban J connectivity index is 1.88. The quantitative estimate of drug-likeness (QED) is 0.601. The van der Waals surface area contributed by atoms with Crippen molar-refractivity contribution in [3.8, 4) is 17.2 Å². The molecule has 134 valence electrons. The Kier molecular flexibility index (Phi) is 3.07. The first kappa shape index (κ1) is 16.3. The van der Waals surface area contributed by atoms with Gasteiger partial charge in [-0.2, -0.15) is 0 Å². The largest absolute Gasteiger partial charge is 0.508 e. The zero-order chi connectivity index (χ0) is 18.9. The van der Waals surface area contributed by atoms with Crippen molar-refractivity contribution in [3.63, 3.8) is 0 Å². The minimum Gasteiger partial charge on any atom is -0.508 e. The first-order valence-electron chi connectivity index (χ1n) is 8.14. The fraction of sp³-hybridized carbons (Fsp3) is 0.263. The maximum atomic E-state index is 11.0. The van der Waals surface area contributed by atoms with E-state index in [1.807, 2.05) is 37.9 Å². The number of ether oxygens (including phenoxy) is 1. The highest BCUT2D eigenvalue weighted by atomic mass is 16.6. The number of phenolic OH excluding ortho intramolecular Hbond substituents is 2. The van der Waals surface area contributed by atoms with E-state index < -0.39 is 16.1 Å². The summed E-state index contributed by atoms with van der Waals surface area (Å²) in [6.45, 7) is 3.99. The number of likely N-dealkylation sites (N-methyl/N-ethyl adjacent to an activating group) is 1. The topological polar surface area (TPSA) is 96.1 Å². The number of fused-ring (bicyclic) bond motifs is 2. The third kappa shape index (κ3) is 1.88. The van der Waals surface area contributed by atoms with E-state index in [0.29, 0.717) is 5.56 Å². The molecule has 0 fully saturated rings. The molecule has 0 radical (unpaired) electrons. The maximum Gasteiger partial charge on any atom is 0.274 e. The number of hydrogen-bond acceptors (Lipinski definition) is 6. The molecule has 0 aliphatic carbocycles. The summed E-state index contributed by atoms with van der Waals surface area (Å²) >= 11 is 0. The van der Waals surface area contributed by atoms with Gasteiger partial charge >= 0.3 is 0 Å². The average molecular weight is 354 g/mol. The second kappa shape index (κ2) is 4.91. The fourth-order valence-electron chi connectivity index (χ4n) is 3.98. The minimum atomic E-state index is -0.941. The van der Waals surface area contributed by atoms with Crippen LogP contribution in [0.1, 0.15) is 25.0 Å². The van der Waals surface area contributed by atoms with E-state index in [2.05, 4.69) is 0 Å². The molecule has 7 nitrogen and oxygen atoms in total. The molecular weight excluding hydrogens is 336 g/mol. The van der Waals surface area contributed by atoms with Gasteiger partial charge in [0, 0.05) is 24.4 Å². The maximum absolute atomic E-state index is 11.0. The van der Waals surface area contributed by atoms with Gasteiger partial charge in [0.15, 0.2) is 11.5 Å². The van der Waals surface area contributed by atoms with Crippen LogP contribution in [0.3, 0.4) is 0 Å². The van der Waals surface area contributed by atoms with E-state index in [-0.39, 0.29) is 22.9 Å². The zero-order valence-corrected chi connectivity index (χ0v) is 14.6. The second-order valence-corrected chi connectivity index (χ2v) is 7.16. The Morgan fingerprint density at radius 1 is 1.19 bits per heavy atom. The summed E-state index contributed by atoms with van der Waals surface area (Å²) in [5.41, 5.74) is 0.571. The fourth-order valence-corrected chi connectivity index (χ4v) is 3.98. The highest BCUT2D eigenvalue weighted by Gasteiger charge is 2.58. The standard InChI is InChI=1S/C19H18N2O5/c1-18(2)14-10-13(22)4-5-15(14)20(3)19(18)7-6-11-8-12(21(24)25)9-16(23)17(11)26-19/h4-10,22-23H,1-3H3. The van der Waals surface area contributed by atoms with E-state index in [1.165, 1.54) is 6.07 Å². The average Bonchev–Trinajstić information content (AvgIpc) is 2.74. The Morgan fingerprint density at radius 3 is 2.62 bits per heavy atom. The number of aromatic hydroxyl groups is 2. The summed E-state index contributed by atoms with van der Waals surface area (Å²) in [7, 11) is 1.88. The SMILES string of the molecule is CN1c2ccc(O)cc2C(C)(C)C12C=Cc1cc([N+](=O)[O-])cc(O)c1O2. The van der Waals surface area contributed by atoms with Crippen LogP contribution in [0.25, 0.3) is 6.08 Å². The van der Waals surface area contributed by atoms with Crippen LogP contribution in [0.5, 0.6) is 17.2 Å². The third-order valence-electron chi connectivity index (χ3n) is 5.45. The summed E-state index contributed by atoms with van der Waals surface area (Å²) in [5.74, 6) is 0.0944. The Bertz CT molecular complexity index is 982. The molecule has 4 rings (SSSR count). The van der Waals surface area contributed by atoms with Gasteiger partial charge in [-0.25, -0.2) is 0 Å². The molecule has 26 heavy (non-hydrogen) atoms. The zero-order valence-electron chi connectivity index (χ0n) is 14.6. The van der Waals surface area contributed by atoms with Crippen LogP contribution >= 0.6 is 0 Å². The molecule has 0 saturated heterocycles. The van der Waals surface area contributed by atoms with Gasteiger partial charge in [0.1, 0.15) is 5.75 Å². The Labute approximate surface area is 149 Å². The number of rotatable bonds is 1. The molecule has 7 heteroatoms. The second-order valence-electron chi connectivity index (χ2n) is 7.16. The molecule has 0 saturated carbocycles. The van der Waals surface area contributed by atoms with Crippen molar-refractivity contribution in [2.45, 2.75) is 25.0 Å². The van der Waals surface area contributed by atoms with Gasteiger partial charge in [-0.15, -0.1) is 0 Å². The number of benzene rings is 2. The highest BCUT2D eigenvalue weighted by molar-refractivity contribution is 5.75. The predicted molar refractivity (Wildman–Crippen MR) is 96.7 cm³/mol. The molecule has 2 aliphatic rings. The van der Waals surface area contributed by atoms with Crippen molar-refractivity contribution in [1.29, 1.82) is 0 Å². The molecule has 0 bridgehead atoms. The molecule has 2 heterocycles. The van der Waals surface area contributed by atoms with Crippen LogP contribution in [0.4, 0.5) is 11.4 Å². The molecule has 1 spiro atoms. The molecule has 2 aliphatic heterocycles. The van der Waals surface area contributed by atoms with E-state index in [9.17, 15) is 20.3 Å². The molecule has 2 aromatic carbocycles. The van der Waals surface area contributed by atoms with Gasteiger partial charge < -0.3 is 19.8 Å². The van der Waals surface area contributed by atoms with Gasteiger partial charge in [0.2, 0.25) is 5.72 Å². The van der Waals surface area contributed by atoms with Crippen molar-refractivity contribution in [2.24, 2.45) is 0 Å². The summed E-state index contributed by atoms with van der Waals surface area (Å²) in [6.07, 6.45) is 3.57. The summed E-state index contributed by atoms with van der Waals surface area (Å²) in [5, 5.41) is 31.3. The van der Waals surface area contributed by atoms with Gasteiger partial charge in [0.25, 0.3) is 5.69 Å². The predicted octanol–water partition coefficient (Wildman–Crippen LogP) is 3.54. The number of nitrogens with zero attached hydrogens (tertiary/aromatic N) is 2. The van der Waals surface area contributed by atoms with Gasteiger partial charge in [0.05, 0.1) is 16.4 Å². The van der Waals surface area contributed by atoms with Gasteiger partial charge in [-0.05, 0) is 49.8 Å². The first-order valence-corrected chi connectivity index (χ1v) is 8.14. The van der Waals surface area contributed by atoms with Crippen LogP contribution in [0.15, 0.2) is 36.4 Å². The van der Waals surface area contributed by atoms with Gasteiger partial charge in [-0.1, -0.05) is 0 Å². The summed E-state index contributed by atoms with van der Waals surface area (Å²) in [4.78, 5) is 12.4. The third-order valence-corrected chi connectivity index (χ3v) is 5.45. The number of nitro benzene ring substituents is 1. The van der Waals surface area contributed by atoms with E-state index >= 15 is 0 Å². The van der Waals surface area contributed by atoms with Gasteiger partial charge in [-0.3, -0.25) is 10.1 Å². The van der Waals surface area contributed by atoms with E-state index in [4.69, 9.17) is 4.74 Å². The smallest absolute Gasteiger partial charge is 0.274 e. The summed E-state index contributed by atoms with van der Waals surface area (Å²) in [6, 6.07) is 7.62. The van der Waals surface area contributed by atoms with E-state index in [1.54, 1.807) is 18.2 Å². The lowest BCUT2D eigenvalue weighted by Gasteiger charge is -2.45. The minimum absolute atomic E-state index is 0.168. The molecular formula is C19H18N2O5. The molecule has 0 amide bonds. The molecule has 1 unspecified atom stereocenters. The van der Waals surface area contributed by atoms with Crippen molar-refractivity contribution in [1.82, 2.24) is 0 Å². The van der Waals surface area contributed by atoms with Crippen LogP contribution in [-0.4, -0.2) is 27.9 Å². The van der Waals surface area contributed by atoms with E-state index in [0.717, 1.165) is 17.3 Å². The monoisotopic (exact) mass is 354 g/mol. The molecule has 0 aromatic heterocycles.